The average Bonchev–Trinajstić information content (AvgIpc) is 3.32. The number of amides is 1. The second-order valence-electron chi connectivity index (χ2n) is 7.24. The molecule has 0 saturated heterocycles. The second-order valence-corrected chi connectivity index (χ2v) is 7.24. The maximum absolute atomic E-state index is 12.2. The first-order valence-electron chi connectivity index (χ1n) is 10.3. The summed E-state index contributed by atoms with van der Waals surface area (Å²) in [5.74, 6) is 1.53. The summed E-state index contributed by atoms with van der Waals surface area (Å²) in [4.78, 5) is 22.8. The van der Waals surface area contributed by atoms with Gasteiger partial charge in [0.25, 0.3) is 5.91 Å². The Morgan fingerprint density at radius 3 is 2.66 bits per heavy atom. The van der Waals surface area contributed by atoms with Crippen LogP contribution in [0.5, 0.6) is 0 Å². The SMILES string of the molecule is CCNC(=NCc1ccnc(-n2cccn2)c1)NCCc1cccc(C(=O)N(C)C)c1.I. The fourth-order valence-electron chi connectivity index (χ4n) is 3.04. The Hall–Kier alpha value is -2.95. The van der Waals surface area contributed by atoms with Crippen molar-refractivity contribution < 1.29 is 4.79 Å². The maximum atomic E-state index is 12.2. The number of rotatable bonds is 8. The van der Waals surface area contributed by atoms with Crippen molar-refractivity contribution in [3.63, 3.8) is 0 Å². The van der Waals surface area contributed by atoms with Crippen LogP contribution in [0.15, 0.2) is 66.0 Å². The minimum Gasteiger partial charge on any atom is -0.357 e. The molecule has 3 aromatic rings. The van der Waals surface area contributed by atoms with E-state index in [0.717, 1.165) is 35.9 Å². The van der Waals surface area contributed by atoms with Crippen molar-refractivity contribution in [2.45, 2.75) is 19.9 Å². The molecule has 2 aromatic heterocycles. The summed E-state index contributed by atoms with van der Waals surface area (Å²) in [6.07, 6.45) is 6.15. The van der Waals surface area contributed by atoms with Gasteiger partial charge < -0.3 is 15.5 Å². The molecular formula is C23H30IN7O. The second kappa shape index (κ2) is 12.8. The van der Waals surface area contributed by atoms with Crippen molar-refractivity contribution in [1.29, 1.82) is 0 Å². The quantitative estimate of drug-likeness (QED) is 0.258. The minimum absolute atomic E-state index is 0. The Morgan fingerprint density at radius 1 is 1.09 bits per heavy atom. The van der Waals surface area contributed by atoms with E-state index >= 15 is 0 Å². The van der Waals surface area contributed by atoms with Crippen LogP contribution in [-0.4, -0.2) is 58.7 Å². The number of nitrogens with zero attached hydrogens (tertiary/aromatic N) is 5. The lowest BCUT2D eigenvalue weighted by molar-refractivity contribution is 0.0827. The predicted octanol–water partition coefficient (Wildman–Crippen LogP) is 2.88. The average molecular weight is 547 g/mol. The summed E-state index contributed by atoms with van der Waals surface area (Å²) in [5, 5.41) is 10.9. The molecule has 1 amide bonds. The molecule has 0 fully saturated rings. The van der Waals surface area contributed by atoms with E-state index in [4.69, 9.17) is 0 Å². The third-order valence-electron chi connectivity index (χ3n) is 4.60. The van der Waals surface area contributed by atoms with Gasteiger partial charge in [0.15, 0.2) is 11.8 Å². The Morgan fingerprint density at radius 2 is 1.94 bits per heavy atom. The Bertz CT molecular complexity index is 1020. The highest BCUT2D eigenvalue weighted by molar-refractivity contribution is 14.0. The van der Waals surface area contributed by atoms with E-state index in [1.807, 2.05) is 55.6 Å². The highest BCUT2D eigenvalue weighted by atomic mass is 127. The molecular weight excluding hydrogens is 517 g/mol. The lowest BCUT2D eigenvalue weighted by atomic mass is 10.1. The summed E-state index contributed by atoms with van der Waals surface area (Å²) in [6.45, 7) is 4.04. The molecule has 2 heterocycles. The van der Waals surface area contributed by atoms with Gasteiger partial charge in [-0.05, 0) is 54.8 Å². The van der Waals surface area contributed by atoms with Gasteiger partial charge in [0, 0.05) is 51.3 Å². The Labute approximate surface area is 206 Å². The van der Waals surface area contributed by atoms with E-state index in [1.54, 1.807) is 36.1 Å². The third kappa shape index (κ3) is 7.33. The zero-order chi connectivity index (χ0) is 22.1. The van der Waals surface area contributed by atoms with Crippen LogP contribution in [0, 0.1) is 0 Å². The van der Waals surface area contributed by atoms with Gasteiger partial charge in [-0.3, -0.25) is 4.79 Å². The molecule has 170 valence electrons. The molecule has 0 unspecified atom stereocenters. The fraction of sp³-hybridized carbons (Fsp3) is 0.304. The number of benzene rings is 1. The topological polar surface area (TPSA) is 87.4 Å². The van der Waals surface area contributed by atoms with E-state index in [0.29, 0.717) is 18.7 Å². The number of carbonyl (C=O) groups excluding carboxylic acids is 1. The van der Waals surface area contributed by atoms with Gasteiger partial charge in [0.2, 0.25) is 0 Å². The molecule has 0 atom stereocenters. The van der Waals surface area contributed by atoms with Crippen molar-refractivity contribution in [2.75, 3.05) is 27.2 Å². The number of pyridine rings is 1. The number of aliphatic imine (C=N–C) groups is 1. The molecule has 0 aliphatic rings. The van der Waals surface area contributed by atoms with Gasteiger partial charge in [0.05, 0.1) is 6.54 Å². The highest BCUT2D eigenvalue weighted by Crippen LogP contribution is 2.09. The van der Waals surface area contributed by atoms with Gasteiger partial charge >= 0.3 is 0 Å². The largest absolute Gasteiger partial charge is 0.357 e. The molecule has 0 radical (unpaired) electrons. The molecule has 8 nitrogen and oxygen atoms in total. The van der Waals surface area contributed by atoms with Crippen LogP contribution in [0.25, 0.3) is 5.82 Å². The number of hydrogen-bond acceptors (Lipinski definition) is 4. The summed E-state index contributed by atoms with van der Waals surface area (Å²) < 4.78 is 1.73. The molecule has 0 aliphatic heterocycles. The lowest BCUT2D eigenvalue weighted by Gasteiger charge is -2.13. The normalized spacial score (nSPS) is 10.9. The van der Waals surface area contributed by atoms with Crippen molar-refractivity contribution >= 4 is 35.8 Å². The highest BCUT2D eigenvalue weighted by Gasteiger charge is 2.08. The third-order valence-corrected chi connectivity index (χ3v) is 4.60. The number of aromatic nitrogens is 3. The molecule has 32 heavy (non-hydrogen) atoms. The monoisotopic (exact) mass is 547 g/mol. The standard InChI is InChI=1S/C23H29N7O.HI/c1-4-24-23(26-13-9-18-7-5-8-20(15-18)22(31)29(2)3)27-17-19-10-12-25-21(16-19)30-14-6-11-28-30;/h5-8,10-12,14-16H,4,9,13,17H2,1-3H3,(H2,24,26,27);1H. The van der Waals surface area contributed by atoms with Crippen LogP contribution in [-0.2, 0) is 13.0 Å². The molecule has 9 heteroatoms. The van der Waals surface area contributed by atoms with Crippen molar-refractivity contribution in [3.8, 4) is 5.82 Å². The number of guanidine groups is 1. The zero-order valence-electron chi connectivity index (χ0n) is 18.7. The lowest BCUT2D eigenvalue weighted by Crippen LogP contribution is -2.38. The van der Waals surface area contributed by atoms with E-state index in [-0.39, 0.29) is 29.9 Å². The number of hydrogen-bond donors (Lipinski definition) is 2. The van der Waals surface area contributed by atoms with Crippen LogP contribution in [0.1, 0.15) is 28.4 Å². The minimum atomic E-state index is 0. The summed E-state index contributed by atoms with van der Waals surface area (Å²) in [7, 11) is 3.52. The number of carbonyl (C=O) groups is 1. The van der Waals surface area contributed by atoms with E-state index < -0.39 is 0 Å². The molecule has 2 N–H and O–H groups in total. The van der Waals surface area contributed by atoms with Crippen LogP contribution in [0.2, 0.25) is 0 Å². The van der Waals surface area contributed by atoms with Crippen LogP contribution in [0.4, 0.5) is 0 Å². The molecule has 1 aromatic carbocycles. The van der Waals surface area contributed by atoms with Gasteiger partial charge in [0.1, 0.15) is 0 Å². The molecule has 0 bridgehead atoms. The molecule has 0 spiro atoms. The van der Waals surface area contributed by atoms with Gasteiger partial charge in [-0.15, -0.1) is 24.0 Å². The van der Waals surface area contributed by atoms with Gasteiger partial charge in [-0.1, -0.05) is 12.1 Å². The fourth-order valence-corrected chi connectivity index (χ4v) is 3.04. The van der Waals surface area contributed by atoms with Gasteiger partial charge in [-0.25, -0.2) is 14.7 Å². The molecule has 0 aliphatic carbocycles. The first-order chi connectivity index (χ1) is 15.1. The van der Waals surface area contributed by atoms with Crippen LogP contribution < -0.4 is 10.6 Å². The smallest absolute Gasteiger partial charge is 0.253 e. The number of nitrogens with one attached hydrogen (secondary N) is 2. The summed E-state index contributed by atoms with van der Waals surface area (Å²) in [6, 6.07) is 13.5. The van der Waals surface area contributed by atoms with Crippen molar-refractivity contribution in [1.82, 2.24) is 30.3 Å². The van der Waals surface area contributed by atoms with E-state index in [9.17, 15) is 4.79 Å². The molecule has 0 saturated carbocycles. The van der Waals surface area contributed by atoms with Crippen LogP contribution >= 0.6 is 24.0 Å². The first-order valence-corrected chi connectivity index (χ1v) is 10.3. The van der Waals surface area contributed by atoms with Crippen LogP contribution in [0.3, 0.4) is 0 Å². The Kier molecular flexibility index (Phi) is 10.1. The predicted molar refractivity (Wildman–Crippen MR) is 138 cm³/mol. The maximum Gasteiger partial charge on any atom is 0.253 e. The summed E-state index contributed by atoms with van der Waals surface area (Å²) >= 11 is 0. The number of halogens is 1. The van der Waals surface area contributed by atoms with Crippen molar-refractivity contribution in [2.24, 2.45) is 4.99 Å². The van der Waals surface area contributed by atoms with E-state index in [2.05, 4.69) is 25.7 Å². The van der Waals surface area contributed by atoms with Crippen molar-refractivity contribution in [3.05, 3.63) is 77.7 Å². The first kappa shape index (κ1) is 25.3. The summed E-state index contributed by atoms with van der Waals surface area (Å²) in [5.41, 5.74) is 2.86. The van der Waals surface area contributed by atoms with Gasteiger partial charge in [-0.2, -0.15) is 5.10 Å². The Balaban J connectivity index is 0.00000363. The molecule has 3 rings (SSSR count). The zero-order valence-corrected chi connectivity index (χ0v) is 21.0. The van der Waals surface area contributed by atoms with E-state index in [1.165, 1.54) is 0 Å².